The highest BCUT2D eigenvalue weighted by atomic mass is 16.5. The van der Waals surface area contributed by atoms with Crippen LogP contribution >= 0.6 is 0 Å². The van der Waals surface area contributed by atoms with E-state index in [1.807, 2.05) is 0 Å². The SMILES string of the molecule is CC=C=C(C)C(=O)OCC(C)O. The first-order chi connectivity index (χ1) is 5.57. The van der Waals surface area contributed by atoms with Crippen molar-refractivity contribution in [2.75, 3.05) is 6.61 Å². The molecule has 1 atom stereocenters. The highest BCUT2D eigenvalue weighted by molar-refractivity contribution is 5.87. The molecule has 0 radical (unpaired) electrons. The van der Waals surface area contributed by atoms with E-state index in [0.29, 0.717) is 5.57 Å². The Kier molecular flexibility index (Phi) is 5.09. The van der Waals surface area contributed by atoms with E-state index in [1.54, 1.807) is 26.8 Å². The minimum atomic E-state index is -0.618. The molecule has 0 bridgehead atoms. The second-order valence-corrected chi connectivity index (χ2v) is 2.51. The first-order valence-corrected chi connectivity index (χ1v) is 3.81. The number of rotatable bonds is 3. The van der Waals surface area contributed by atoms with Crippen molar-refractivity contribution in [1.29, 1.82) is 0 Å². The van der Waals surface area contributed by atoms with Crippen LogP contribution in [0.25, 0.3) is 0 Å². The maximum absolute atomic E-state index is 11.0. The van der Waals surface area contributed by atoms with Crippen molar-refractivity contribution in [2.24, 2.45) is 0 Å². The zero-order chi connectivity index (χ0) is 9.56. The molecule has 0 aromatic heterocycles. The average Bonchev–Trinajstić information content (AvgIpc) is 2.00. The zero-order valence-electron chi connectivity index (χ0n) is 7.63. The summed E-state index contributed by atoms with van der Waals surface area (Å²) in [6.45, 7) is 4.97. The van der Waals surface area contributed by atoms with Crippen LogP contribution in [0.3, 0.4) is 0 Å². The third-order valence-electron chi connectivity index (χ3n) is 1.12. The van der Waals surface area contributed by atoms with Crippen LogP contribution in [-0.4, -0.2) is 23.8 Å². The summed E-state index contributed by atoms with van der Waals surface area (Å²) < 4.78 is 4.71. The van der Waals surface area contributed by atoms with Crippen LogP contribution in [0, 0.1) is 0 Å². The number of carbonyl (C=O) groups is 1. The summed E-state index contributed by atoms with van der Waals surface area (Å²) in [7, 11) is 0. The Morgan fingerprint density at radius 2 is 2.33 bits per heavy atom. The van der Waals surface area contributed by atoms with Gasteiger partial charge >= 0.3 is 5.97 Å². The van der Waals surface area contributed by atoms with Gasteiger partial charge in [-0.3, -0.25) is 0 Å². The molecule has 12 heavy (non-hydrogen) atoms. The molecule has 0 aliphatic carbocycles. The number of esters is 1. The Labute approximate surface area is 72.3 Å². The predicted octanol–water partition coefficient (Wildman–Crippen LogP) is 1.03. The molecule has 1 unspecified atom stereocenters. The summed E-state index contributed by atoms with van der Waals surface area (Å²) in [6, 6.07) is 0. The number of carbonyl (C=O) groups excluding carboxylic acids is 1. The normalized spacial score (nSPS) is 11.3. The number of hydrogen-bond acceptors (Lipinski definition) is 3. The molecule has 0 aromatic rings. The summed E-state index contributed by atoms with van der Waals surface area (Å²) in [5, 5.41) is 8.80. The molecular weight excluding hydrogens is 156 g/mol. The number of aliphatic hydroxyl groups is 1. The van der Waals surface area contributed by atoms with Crippen LogP contribution in [0.4, 0.5) is 0 Å². The lowest BCUT2D eigenvalue weighted by atomic mass is 10.3. The highest BCUT2D eigenvalue weighted by Crippen LogP contribution is 1.95. The van der Waals surface area contributed by atoms with Crippen molar-refractivity contribution in [1.82, 2.24) is 0 Å². The Morgan fingerprint density at radius 3 is 2.75 bits per heavy atom. The predicted molar refractivity (Wildman–Crippen MR) is 45.6 cm³/mol. The van der Waals surface area contributed by atoms with Gasteiger partial charge in [0, 0.05) is 0 Å². The van der Waals surface area contributed by atoms with Gasteiger partial charge in [-0.25, -0.2) is 4.79 Å². The molecule has 1 N–H and O–H groups in total. The van der Waals surface area contributed by atoms with E-state index in [9.17, 15) is 4.79 Å². The van der Waals surface area contributed by atoms with Gasteiger partial charge in [0.2, 0.25) is 0 Å². The quantitative estimate of drug-likeness (QED) is 0.391. The van der Waals surface area contributed by atoms with Gasteiger partial charge in [0.25, 0.3) is 0 Å². The maximum Gasteiger partial charge on any atom is 0.341 e. The van der Waals surface area contributed by atoms with Crippen molar-refractivity contribution in [2.45, 2.75) is 26.9 Å². The topological polar surface area (TPSA) is 46.5 Å². The van der Waals surface area contributed by atoms with Crippen molar-refractivity contribution in [3.8, 4) is 0 Å². The van der Waals surface area contributed by atoms with E-state index >= 15 is 0 Å². The molecule has 0 aromatic carbocycles. The second kappa shape index (κ2) is 5.58. The zero-order valence-corrected chi connectivity index (χ0v) is 7.63. The Hall–Kier alpha value is -1.05. The van der Waals surface area contributed by atoms with E-state index < -0.39 is 12.1 Å². The van der Waals surface area contributed by atoms with Gasteiger partial charge in [0.1, 0.15) is 6.61 Å². The Morgan fingerprint density at radius 1 is 1.75 bits per heavy atom. The standard InChI is InChI=1S/C9H14O3/c1-4-5-7(2)9(11)12-6-8(3)10/h4,8,10H,6H2,1-3H3. The molecule has 0 aliphatic heterocycles. The van der Waals surface area contributed by atoms with E-state index in [0.717, 1.165) is 0 Å². The highest BCUT2D eigenvalue weighted by Gasteiger charge is 2.05. The molecule has 0 fully saturated rings. The van der Waals surface area contributed by atoms with Gasteiger partial charge in [-0.05, 0) is 26.8 Å². The van der Waals surface area contributed by atoms with Gasteiger partial charge in [0.05, 0.1) is 11.7 Å². The molecular formula is C9H14O3. The smallest absolute Gasteiger partial charge is 0.341 e. The van der Waals surface area contributed by atoms with Crippen LogP contribution in [0.5, 0.6) is 0 Å². The summed E-state index contributed by atoms with van der Waals surface area (Å²) in [5.41, 5.74) is 3.12. The average molecular weight is 170 g/mol. The van der Waals surface area contributed by atoms with Gasteiger partial charge in [-0.1, -0.05) is 0 Å². The molecule has 0 amide bonds. The molecule has 3 nitrogen and oxygen atoms in total. The monoisotopic (exact) mass is 170 g/mol. The molecule has 0 spiro atoms. The number of aliphatic hydroxyl groups excluding tert-OH is 1. The van der Waals surface area contributed by atoms with Gasteiger partial charge < -0.3 is 9.84 Å². The maximum atomic E-state index is 11.0. The van der Waals surface area contributed by atoms with Crippen LogP contribution in [0.15, 0.2) is 17.4 Å². The summed E-state index contributed by atoms with van der Waals surface area (Å²) in [5.74, 6) is -0.436. The lowest BCUT2D eigenvalue weighted by Crippen LogP contribution is -2.15. The lowest BCUT2D eigenvalue weighted by molar-refractivity contribution is -0.141. The van der Waals surface area contributed by atoms with Gasteiger partial charge in [-0.2, -0.15) is 0 Å². The molecule has 68 valence electrons. The molecule has 0 rings (SSSR count). The molecule has 0 saturated heterocycles. The van der Waals surface area contributed by atoms with E-state index in [4.69, 9.17) is 9.84 Å². The molecule has 3 heteroatoms. The fourth-order valence-corrected chi connectivity index (χ4v) is 0.580. The largest absolute Gasteiger partial charge is 0.459 e. The van der Waals surface area contributed by atoms with Crippen molar-refractivity contribution < 1.29 is 14.6 Å². The van der Waals surface area contributed by atoms with Crippen LogP contribution in [0.2, 0.25) is 0 Å². The first kappa shape index (κ1) is 11.0. The first-order valence-electron chi connectivity index (χ1n) is 3.81. The summed E-state index contributed by atoms with van der Waals surface area (Å²) >= 11 is 0. The minimum Gasteiger partial charge on any atom is -0.459 e. The van der Waals surface area contributed by atoms with Crippen molar-refractivity contribution in [3.05, 3.63) is 17.4 Å². The van der Waals surface area contributed by atoms with Crippen molar-refractivity contribution in [3.63, 3.8) is 0 Å². The van der Waals surface area contributed by atoms with E-state index in [-0.39, 0.29) is 6.61 Å². The molecule has 0 heterocycles. The fraction of sp³-hybridized carbons (Fsp3) is 0.556. The van der Waals surface area contributed by atoms with Gasteiger partial charge in [-0.15, -0.1) is 5.73 Å². The second-order valence-electron chi connectivity index (χ2n) is 2.51. The third-order valence-corrected chi connectivity index (χ3v) is 1.12. The summed E-state index contributed by atoms with van der Waals surface area (Å²) in [4.78, 5) is 11.0. The number of hydrogen-bond donors (Lipinski definition) is 1. The number of ether oxygens (including phenoxy) is 1. The molecule has 0 saturated carbocycles. The van der Waals surface area contributed by atoms with Crippen LogP contribution < -0.4 is 0 Å². The summed E-state index contributed by atoms with van der Waals surface area (Å²) in [6.07, 6.45) is 1.02. The molecule has 0 aliphatic rings. The van der Waals surface area contributed by atoms with Gasteiger partial charge in [0.15, 0.2) is 0 Å². The van der Waals surface area contributed by atoms with Crippen LogP contribution in [0.1, 0.15) is 20.8 Å². The van der Waals surface area contributed by atoms with Crippen molar-refractivity contribution >= 4 is 5.97 Å². The third kappa shape index (κ3) is 4.72. The fourth-order valence-electron chi connectivity index (χ4n) is 0.580. The minimum absolute atomic E-state index is 0.0293. The lowest BCUT2D eigenvalue weighted by Gasteiger charge is -2.04. The van der Waals surface area contributed by atoms with E-state index in [2.05, 4.69) is 5.73 Å². The van der Waals surface area contributed by atoms with Crippen LogP contribution in [-0.2, 0) is 9.53 Å². The van der Waals surface area contributed by atoms with E-state index in [1.165, 1.54) is 0 Å². The Balaban J connectivity index is 3.97. The Bertz CT molecular complexity index is 210.